The molecule has 0 saturated heterocycles. The molecule has 0 aromatic heterocycles. The van der Waals surface area contributed by atoms with Crippen LogP contribution < -0.4 is 0 Å². The Morgan fingerprint density at radius 1 is 1.00 bits per heavy atom. The molecule has 0 unspecified atom stereocenters. The maximum absolute atomic E-state index is 7.17. The molecule has 0 heterocycles. The van der Waals surface area contributed by atoms with E-state index in [0.717, 1.165) is 0 Å². The van der Waals surface area contributed by atoms with Gasteiger partial charge in [0.1, 0.15) is 0 Å². The third-order valence-electron chi connectivity index (χ3n) is 0. The fourth-order valence-corrected chi connectivity index (χ4v) is 0. The van der Waals surface area contributed by atoms with Gasteiger partial charge in [-0.15, -0.1) is 0 Å². The Hall–Kier alpha value is 1.97. The Labute approximate surface area is 82.1 Å². The number of hydrogen-bond donors (Lipinski definition) is 3. The molecular formula is H7BCaMgO3. The van der Waals surface area contributed by atoms with E-state index < -0.39 is 7.32 Å². The van der Waals surface area contributed by atoms with Gasteiger partial charge in [0, 0.05) is 0 Å². The fourth-order valence-electron chi connectivity index (χ4n) is 0. The summed E-state index contributed by atoms with van der Waals surface area (Å²) in [6.45, 7) is 0. The van der Waals surface area contributed by atoms with Crippen molar-refractivity contribution in [3.05, 3.63) is 0 Å². The quantitative estimate of drug-likeness (QED) is 0.294. The molecule has 0 aromatic carbocycles. The first kappa shape index (κ1) is 15.7. The smallest absolute Gasteiger partial charge is 0.316 e. The topological polar surface area (TPSA) is 60.7 Å². The number of hydrogen-bond acceptors (Lipinski definition) is 3. The molecule has 0 amide bonds. The van der Waals surface area contributed by atoms with E-state index in [4.69, 9.17) is 15.1 Å². The van der Waals surface area contributed by atoms with Crippen LogP contribution in [0.4, 0.5) is 0 Å². The second-order valence-corrected chi connectivity index (χ2v) is 0.346. The van der Waals surface area contributed by atoms with Gasteiger partial charge < -0.3 is 15.1 Å². The zero-order valence-corrected chi connectivity index (χ0v) is 1.92. The van der Waals surface area contributed by atoms with E-state index in [-0.39, 0.29) is 60.8 Å². The van der Waals surface area contributed by atoms with Gasteiger partial charge in [0.15, 0.2) is 0 Å². The van der Waals surface area contributed by atoms with Crippen molar-refractivity contribution in [3.63, 3.8) is 0 Å². The minimum absolute atomic E-state index is 0. The Kier molecular flexibility index (Phi) is 26.3. The molecule has 3 nitrogen and oxygen atoms in total. The summed E-state index contributed by atoms with van der Waals surface area (Å²) in [5.74, 6) is 0. The summed E-state index contributed by atoms with van der Waals surface area (Å²) in [4.78, 5) is 0. The first-order valence-corrected chi connectivity index (χ1v) is 0.775. The summed E-state index contributed by atoms with van der Waals surface area (Å²) in [7, 11) is -2.17. The Morgan fingerprint density at radius 3 is 1.00 bits per heavy atom. The van der Waals surface area contributed by atoms with Crippen LogP contribution in [0.3, 0.4) is 0 Å². The molecule has 0 saturated carbocycles. The molecule has 6 heteroatoms. The molecule has 0 bridgehead atoms. The van der Waals surface area contributed by atoms with Gasteiger partial charge in [-0.05, 0) is 0 Å². The van der Waals surface area contributed by atoms with E-state index in [1.165, 1.54) is 0 Å². The van der Waals surface area contributed by atoms with Crippen LogP contribution in [-0.2, 0) is 0 Å². The van der Waals surface area contributed by atoms with Crippen LogP contribution in [0, 0.1) is 0 Å². The summed E-state index contributed by atoms with van der Waals surface area (Å²) in [5.41, 5.74) is 0. The molecule has 32 valence electrons. The first-order valence-electron chi connectivity index (χ1n) is 0.775. The summed E-state index contributed by atoms with van der Waals surface area (Å²) in [5, 5.41) is 21.5. The van der Waals surface area contributed by atoms with Crippen molar-refractivity contribution in [2.45, 2.75) is 0 Å². The molecule has 0 aliphatic heterocycles. The van der Waals surface area contributed by atoms with Crippen molar-refractivity contribution in [2.24, 2.45) is 0 Å². The van der Waals surface area contributed by atoms with Crippen molar-refractivity contribution in [1.82, 2.24) is 0 Å². The van der Waals surface area contributed by atoms with Gasteiger partial charge in [-0.2, -0.15) is 0 Å². The number of rotatable bonds is 0. The van der Waals surface area contributed by atoms with Crippen LogP contribution in [0.15, 0.2) is 0 Å². The zero-order valence-electron chi connectivity index (χ0n) is 1.92. The molecule has 3 N–H and O–H groups in total. The standard InChI is InChI=1S/BH3O3.Ca.Mg.4H/c2-1(3)4;;;;;;/h2-4H;;;;;;. The zero-order chi connectivity index (χ0) is 3.58. The molecule has 6 heavy (non-hydrogen) atoms. The summed E-state index contributed by atoms with van der Waals surface area (Å²) in [6, 6.07) is 0. The van der Waals surface area contributed by atoms with Gasteiger partial charge in [0.2, 0.25) is 0 Å². The normalized spacial score (nSPS) is 4.50. The summed E-state index contributed by atoms with van der Waals surface area (Å²) < 4.78 is 0. The molecular weight excluding hydrogens is 123 g/mol. The molecule has 0 spiro atoms. The van der Waals surface area contributed by atoms with E-state index in [0.29, 0.717) is 0 Å². The molecule has 0 aliphatic carbocycles. The molecule has 0 rings (SSSR count). The van der Waals surface area contributed by atoms with Crippen molar-refractivity contribution in [3.8, 4) is 0 Å². The van der Waals surface area contributed by atoms with Crippen LogP contribution in [0.1, 0.15) is 0 Å². The minimum atomic E-state index is -2.17. The van der Waals surface area contributed by atoms with E-state index in [9.17, 15) is 0 Å². The molecule has 0 atom stereocenters. The third kappa shape index (κ3) is 38.0. The fraction of sp³-hybridized carbons (Fsp3) is 0. The van der Waals surface area contributed by atoms with Crippen LogP contribution in [0.5, 0.6) is 0 Å². The van der Waals surface area contributed by atoms with Crippen molar-refractivity contribution in [2.75, 3.05) is 0 Å². The first-order chi connectivity index (χ1) is 1.73. The van der Waals surface area contributed by atoms with Gasteiger partial charge in [-0.25, -0.2) is 0 Å². The van der Waals surface area contributed by atoms with E-state index >= 15 is 0 Å². The van der Waals surface area contributed by atoms with Gasteiger partial charge in [-0.3, -0.25) is 0 Å². The van der Waals surface area contributed by atoms with Crippen molar-refractivity contribution < 1.29 is 15.1 Å². The predicted octanol–water partition coefficient (Wildman–Crippen LogP) is -3.88. The second-order valence-electron chi connectivity index (χ2n) is 0.346. The SMILES string of the molecule is OB(O)O.[CaH2].[MgH2]. The van der Waals surface area contributed by atoms with Gasteiger partial charge >= 0.3 is 68.1 Å². The predicted molar refractivity (Wildman–Crippen MR) is 29.5 cm³/mol. The summed E-state index contributed by atoms with van der Waals surface area (Å²) >= 11 is 0. The molecule has 0 radical (unpaired) electrons. The van der Waals surface area contributed by atoms with Crippen LogP contribution in [-0.4, -0.2) is 83.2 Å². The van der Waals surface area contributed by atoms with E-state index in [1.54, 1.807) is 0 Å². The van der Waals surface area contributed by atoms with Crippen LogP contribution >= 0.6 is 0 Å². The van der Waals surface area contributed by atoms with E-state index in [1.807, 2.05) is 0 Å². The average Bonchev–Trinajstić information content (AvgIpc) is 0.811. The van der Waals surface area contributed by atoms with E-state index in [2.05, 4.69) is 0 Å². The molecule has 0 aromatic rings. The largest absolute Gasteiger partial charge is 0.316 e. The Balaban J connectivity index is -0.0000000450. The third-order valence-corrected chi connectivity index (χ3v) is 0. The van der Waals surface area contributed by atoms with Gasteiger partial charge in [0.25, 0.3) is 0 Å². The Morgan fingerprint density at radius 2 is 1.00 bits per heavy atom. The maximum Gasteiger partial charge on any atom is 0.316 e. The maximum atomic E-state index is 7.17. The van der Waals surface area contributed by atoms with Crippen LogP contribution in [0.2, 0.25) is 0 Å². The molecule has 0 fully saturated rings. The van der Waals surface area contributed by atoms with Gasteiger partial charge in [-0.1, -0.05) is 0 Å². The van der Waals surface area contributed by atoms with Crippen LogP contribution in [0.25, 0.3) is 0 Å². The second kappa shape index (κ2) is 10.1. The van der Waals surface area contributed by atoms with Crippen molar-refractivity contribution >= 4 is 68.1 Å². The summed E-state index contributed by atoms with van der Waals surface area (Å²) in [6.07, 6.45) is 0. The average molecular weight is 130 g/mol. The van der Waals surface area contributed by atoms with Crippen molar-refractivity contribution in [1.29, 1.82) is 0 Å². The van der Waals surface area contributed by atoms with Gasteiger partial charge in [0.05, 0.1) is 0 Å². The monoisotopic (exact) mass is 130 g/mol. The Bertz CT molecular complexity index is 15.5. The minimum Gasteiger partial charge on any atom is 0.316 e. The molecule has 0 aliphatic rings.